The van der Waals surface area contributed by atoms with Crippen LogP contribution in [-0.4, -0.2) is 26.1 Å². The van der Waals surface area contributed by atoms with Gasteiger partial charge in [0.25, 0.3) is 5.56 Å². The highest BCUT2D eigenvalue weighted by Crippen LogP contribution is 2.19. The van der Waals surface area contributed by atoms with Gasteiger partial charge in [-0.05, 0) is 26.0 Å². The highest BCUT2D eigenvalue weighted by atomic mass is 16.5. The Morgan fingerprint density at radius 3 is 3.05 bits per heavy atom. The zero-order valence-electron chi connectivity index (χ0n) is 11.3. The van der Waals surface area contributed by atoms with Crippen LogP contribution in [0.5, 0.6) is 5.75 Å². The second kappa shape index (κ2) is 4.80. The number of aromatic amines is 1. The van der Waals surface area contributed by atoms with E-state index in [1.54, 1.807) is 17.8 Å². The summed E-state index contributed by atoms with van der Waals surface area (Å²) in [6.07, 6.45) is 1.59. The minimum absolute atomic E-state index is 0.202. The van der Waals surface area contributed by atoms with Gasteiger partial charge in [-0.3, -0.25) is 9.36 Å². The summed E-state index contributed by atoms with van der Waals surface area (Å²) in [6.45, 7) is 4.25. The molecular formula is C14H14N4O2. The summed E-state index contributed by atoms with van der Waals surface area (Å²) in [5, 5.41) is 0. The van der Waals surface area contributed by atoms with Crippen molar-refractivity contribution in [1.82, 2.24) is 19.5 Å². The molecule has 0 spiro atoms. The Labute approximate surface area is 115 Å². The van der Waals surface area contributed by atoms with Crippen LogP contribution < -0.4 is 10.3 Å². The maximum atomic E-state index is 12.1. The smallest absolute Gasteiger partial charge is 0.277 e. The highest BCUT2D eigenvalue weighted by Gasteiger charge is 2.11. The van der Waals surface area contributed by atoms with Crippen molar-refractivity contribution in [3.05, 3.63) is 46.8 Å². The second-order valence-corrected chi connectivity index (χ2v) is 4.37. The van der Waals surface area contributed by atoms with E-state index in [4.69, 9.17) is 4.74 Å². The molecule has 3 aromatic rings. The molecule has 20 heavy (non-hydrogen) atoms. The average molecular weight is 270 g/mol. The third-order valence-corrected chi connectivity index (χ3v) is 2.94. The molecule has 6 heteroatoms. The summed E-state index contributed by atoms with van der Waals surface area (Å²) in [6, 6.07) is 7.51. The van der Waals surface area contributed by atoms with Gasteiger partial charge >= 0.3 is 0 Å². The second-order valence-electron chi connectivity index (χ2n) is 4.37. The van der Waals surface area contributed by atoms with Crippen molar-refractivity contribution in [3.63, 3.8) is 0 Å². The van der Waals surface area contributed by atoms with Crippen molar-refractivity contribution in [2.75, 3.05) is 6.61 Å². The van der Waals surface area contributed by atoms with E-state index in [1.807, 2.05) is 31.2 Å². The summed E-state index contributed by atoms with van der Waals surface area (Å²) in [7, 11) is 0. The predicted molar refractivity (Wildman–Crippen MR) is 75.4 cm³/mol. The van der Waals surface area contributed by atoms with Crippen LogP contribution in [0.1, 0.15) is 12.7 Å². The van der Waals surface area contributed by atoms with Crippen LogP contribution in [0, 0.1) is 6.92 Å². The number of aromatic nitrogens is 4. The molecule has 3 rings (SSSR count). The molecule has 0 bridgehead atoms. The summed E-state index contributed by atoms with van der Waals surface area (Å²) < 4.78 is 7.18. The molecule has 0 atom stereocenters. The van der Waals surface area contributed by atoms with Crippen LogP contribution in [0.25, 0.3) is 16.9 Å². The van der Waals surface area contributed by atoms with Crippen LogP contribution >= 0.6 is 0 Å². The van der Waals surface area contributed by atoms with Gasteiger partial charge in [-0.15, -0.1) is 0 Å². The average Bonchev–Trinajstić information content (AvgIpc) is 2.83. The number of hydrogen-bond acceptors (Lipinski definition) is 4. The maximum absolute atomic E-state index is 12.1. The van der Waals surface area contributed by atoms with E-state index >= 15 is 0 Å². The standard InChI is InChI=1S/C14H14N4O2/c1-3-20-11-6-4-5-10(7-11)18-8-15-13-12(18)14(19)17-9(2)16-13/h4-8H,3H2,1-2H3,(H,16,17,19). The number of fused-ring (bicyclic) bond motifs is 1. The molecule has 0 fully saturated rings. The first kappa shape index (κ1) is 12.4. The monoisotopic (exact) mass is 270 g/mol. The Bertz CT molecular complexity index is 819. The minimum atomic E-state index is -0.202. The van der Waals surface area contributed by atoms with Crippen LogP contribution in [0.4, 0.5) is 0 Å². The van der Waals surface area contributed by atoms with Crippen molar-refractivity contribution >= 4 is 11.2 Å². The Morgan fingerprint density at radius 2 is 2.25 bits per heavy atom. The lowest BCUT2D eigenvalue weighted by Crippen LogP contribution is -2.12. The third kappa shape index (κ3) is 2.05. The Morgan fingerprint density at radius 1 is 1.40 bits per heavy atom. The van der Waals surface area contributed by atoms with Crippen molar-refractivity contribution in [1.29, 1.82) is 0 Å². The fourth-order valence-electron chi connectivity index (χ4n) is 2.13. The van der Waals surface area contributed by atoms with Crippen LogP contribution in [0.2, 0.25) is 0 Å². The zero-order valence-corrected chi connectivity index (χ0v) is 11.3. The number of aryl methyl sites for hydroxylation is 1. The number of benzene rings is 1. The molecular weight excluding hydrogens is 256 g/mol. The highest BCUT2D eigenvalue weighted by molar-refractivity contribution is 5.72. The largest absolute Gasteiger partial charge is 0.494 e. The van der Waals surface area contributed by atoms with Gasteiger partial charge in [-0.25, -0.2) is 9.97 Å². The molecule has 0 amide bonds. The molecule has 0 aliphatic carbocycles. The van der Waals surface area contributed by atoms with E-state index in [-0.39, 0.29) is 5.56 Å². The lowest BCUT2D eigenvalue weighted by molar-refractivity contribution is 0.340. The quantitative estimate of drug-likeness (QED) is 0.787. The van der Waals surface area contributed by atoms with E-state index < -0.39 is 0 Å². The van der Waals surface area contributed by atoms with Gasteiger partial charge in [0, 0.05) is 6.07 Å². The topological polar surface area (TPSA) is 72.8 Å². The molecule has 0 aliphatic heterocycles. The van der Waals surface area contributed by atoms with Crippen LogP contribution in [0.15, 0.2) is 35.4 Å². The van der Waals surface area contributed by atoms with E-state index in [2.05, 4.69) is 15.0 Å². The van der Waals surface area contributed by atoms with Crippen molar-refractivity contribution < 1.29 is 4.74 Å². The van der Waals surface area contributed by atoms with Gasteiger partial charge in [0.1, 0.15) is 17.9 Å². The number of nitrogens with one attached hydrogen (secondary N) is 1. The molecule has 2 aromatic heterocycles. The minimum Gasteiger partial charge on any atom is -0.494 e. The number of hydrogen-bond donors (Lipinski definition) is 1. The lowest BCUT2D eigenvalue weighted by Gasteiger charge is -2.07. The lowest BCUT2D eigenvalue weighted by atomic mass is 10.3. The predicted octanol–water partition coefficient (Wildman–Crippen LogP) is 1.82. The molecule has 6 nitrogen and oxygen atoms in total. The third-order valence-electron chi connectivity index (χ3n) is 2.94. The number of H-pyrrole nitrogens is 1. The normalized spacial score (nSPS) is 10.9. The fourth-order valence-corrected chi connectivity index (χ4v) is 2.13. The first-order valence-electron chi connectivity index (χ1n) is 6.36. The number of ether oxygens (including phenoxy) is 1. The number of imidazole rings is 1. The summed E-state index contributed by atoms with van der Waals surface area (Å²) >= 11 is 0. The number of rotatable bonds is 3. The van der Waals surface area contributed by atoms with Crippen molar-refractivity contribution in [2.45, 2.75) is 13.8 Å². The fraction of sp³-hybridized carbons (Fsp3) is 0.214. The Hall–Kier alpha value is -2.63. The van der Waals surface area contributed by atoms with Crippen molar-refractivity contribution in [2.24, 2.45) is 0 Å². The molecule has 1 N–H and O–H groups in total. The molecule has 2 heterocycles. The Balaban J connectivity index is 2.20. The van der Waals surface area contributed by atoms with E-state index in [1.165, 1.54) is 0 Å². The number of nitrogens with zero attached hydrogens (tertiary/aromatic N) is 3. The molecule has 0 radical (unpaired) electrons. The van der Waals surface area contributed by atoms with Crippen LogP contribution in [-0.2, 0) is 0 Å². The van der Waals surface area contributed by atoms with Crippen LogP contribution in [0.3, 0.4) is 0 Å². The molecule has 102 valence electrons. The Kier molecular flexibility index (Phi) is 2.98. The zero-order chi connectivity index (χ0) is 14.1. The van der Waals surface area contributed by atoms with E-state index in [9.17, 15) is 4.79 Å². The maximum Gasteiger partial charge on any atom is 0.277 e. The van der Waals surface area contributed by atoms with Crippen molar-refractivity contribution in [3.8, 4) is 11.4 Å². The molecule has 0 saturated heterocycles. The van der Waals surface area contributed by atoms with E-state index in [0.29, 0.717) is 23.6 Å². The molecule has 0 saturated carbocycles. The summed E-state index contributed by atoms with van der Waals surface area (Å²) in [5.41, 5.74) is 1.48. The van der Waals surface area contributed by atoms with Gasteiger partial charge in [-0.2, -0.15) is 0 Å². The SMILES string of the molecule is CCOc1cccc(-n2cnc3nc(C)[nH]c(=O)c32)c1. The van der Waals surface area contributed by atoms with Gasteiger partial charge < -0.3 is 9.72 Å². The summed E-state index contributed by atoms with van der Waals surface area (Å²) in [5.74, 6) is 1.30. The molecule has 0 unspecified atom stereocenters. The first-order valence-corrected chi connectivity index (χ1v) is 6.36. The summed E-state index contributed by atoms with van der Waals surface area (Å²) in [4.78, 5) is 23.2. The molecule has 1 aromatic carbocycles. The van der Waals surface area contributed by atoms with E-state index in [0.717, 1.165) is 11.4 Å². The van der Waals surface area contributed by atoms with Gasteiger partial charge in [0.2, 0.25) is 0 Å². The first-order chi connectivity index (χ1) is 9.69. The van der Waals surface area contributed by atoms with Gasteiger partial charge in [0.05, 0.1) is 12.3 Å². The molecule has 0 aliphatic rings. The van der Waals surface area contributed by atoms with Gasteiger partial charge in [0.15, 0.2) is 11.2 Å². The van der Waals surface area contributed by atoms with Gasteiger partial charge in [-0.1, -0.05) is 6.07 Å².